The Bertz CT molecular complexity index is 385. The molecular formula is C12H16N2O2. The summed E-state index contributed by atoms with van der Waals surface area (Å²) in [5, 5.41) is 2.94. The van der Waals surface area contributed by atoms with E-state index in [1.165, 1.54) is 0 Å². The fourth-order valence-corrected chi connectivity index (χ4v) is 1.28. The Morgan fingerprint density at radius 1 is 1.31 bits per heavy atom. The van der Waals surface area contributed by atoms with Crippen LogP contribution in [-0.4, -0.2) is 17.7 Å². The maximum atomic E-state index is 11.4. The molecule has 0 heterocycles. The maximum Gasteiger partial charge on any atom is 0.239 e. The fourth-order valence-electron chi connectivity index (χ4n) is 1.28. The Kier molecular flexibility index (Phi) is 4.05. The summed E-state index contributed by atoms with van der Waals surface area (Å²) in [6.45, 7) is 3.51. The number of nitrogens with two attached hydrogens (primary N) is 1. The summed E-state index contributed by atoms with van der Waals surface area (Å²) in [7, 11) is 0. The van der Waals surface area contributed by atoms with Crippen molar-refractivity contribution in [2.45, 2.75) is 26.3 Å². The molecular weight excluding hydrogens is 204 g/mol. The molecule has 0 fully saturated rings. The van der Waals surface area contributed by atoms with Crippen LogP contribution >= 0.6 is 0 Å². The van der Waals surface area contributed by atoms with Crippen LogP contribution in [0.25, 0.3) is 0 Å². The summed E-state index contributed by atoms with van der Waals surface area (Å²) in [6, 6.07) is 6.58. The number of ketones is 1. The third-order valence-electron chi connectivity index (χ3n) is 2.34. The number of hydrogen-bond acceptors (Lipinski definition) is 3. The van der Waals surface area contributed by atoms with Gasteiger partial charge in [-0.15, -0.1) is 0 Å². The van der Waals surface area contributed by atoms with Crippen molar-refractivity contribution in [3.05, 3.63) is 29.8 Å². The van der Waals surface area contributed by atoms with Gasteiger partial charge in [0.25, 0.3) is 0 Å². The zero-order valence-corrected chi connectivity index (χ0v) is 9.49. The molecule has 4 heteroatoms. The standard InChI is InChI=1S/C12H16N2O2/c1-3-11(15)9-4-6-10(7-5-9)14-8(2)12(13)16/h4-8,14H,3H2,1-2H3,(H2,13,16). The first-order chi connectivity index (χ1) is 7.54. The van der Waals surface area contributed by atoms with Crippen LogP contribution in [0.15, 0.2) is 24.3 Å². The zero-order chi connectivity index (χ0) is 12.1. The van der Waals surface area contributed by atoms with E-state index < -0.39 is 11.9 Å². The Hall–Kier alpha value is -1.84. The van der Waals surface area contributed by atoms with Crippen LogP contribution in [0.3, 0.4) is 0 Å². The Balaban J connectivity index is 2.72. The van der Waals surface area contributed by atoms with Crippen molar-refractivity contribution in [3.8, 4) is 0 Å². The number of Topliss-reactive ketones (excluding diaryl/α,β-unsaturated/α-hetero) is 1. The third-order valence-corrected chi connectivity index (χ3v) is 2.34. The Morgan fingerprint density at radius 2 is 1.88 bits per heavy atom. The number of benzene rings is 1. The van der Waals surface area contributed by atoms with Gasteiger partial charge in [0.05, 0.1) is 0 Å². The predicted molar refractivity (Wildman–Crippen MR) is 63.3 cm³/mol. The molecule has 0 aromatic heterocycles. The number of primary amides is 1. The lowest BCUT2D eigenvalue weighted by Gasteiger charge is -2.11. The number of nitrogens with one attached hydrogen (secondary N) is 1. The average Bonchev–Trinajstić information content (AvgIpc) is 2.28. The summed E-state index contributed by atoms with van der Waals surface area (Å²) in [5.41, 5.74) is 6.59. The van der Waals surface area contributed by atoms with Crippen molar-refractivity contribution in [1.29, 1.82) is 0 Å². The second kappa shape index (κ2) is 5.30. The minimum absolute atomic E-state index is 0.106. The van der Waals surface area contributed by atoms with E-state index in [1.807, 2.05) is 6.92 Å². The van der Waals surface area contributed by atoms with Gasteiger partial charge in [-0.3, -0.25) is 9.59 Å². The number of anilines is 1. The Labute approximate surface area is 94.8 Å². The molecule has 16 heavy (non-hydrogen) atoms. The van der Waals surface area contributed by atoms with E-state index >= 15 is 0 Å². The molecule has 0 aliphatic rings. The van der Waals surface area contributed by atoms with Gasteiger partial charge in [-0.2, -0.15) is 0 Å². The Morgan fingerprint density at radius 3 is 2.31 bits per heavy atom. The predicted octanol–water partition coefficient (Wildman–Crippen LogP) is 1.56. The highest BCUT2D eigenvalue weighted by Crippen LogP contribution is 2.12. The van der Waals surface area contributed by atoms with Crippen LogP contribution < -0.4 is 11.1 Å². The van der Waals surface area contributed by atoms with Crippen LogP contribution in [-0.2, 0) is 4.79 Å². The van der Waals surface area contributed by atoms with E-state index in [9.17, 15) is 9.59 Å². The van der Waals surface area contributed by atoms with Crippen molar-refractivity contribution < 1.29 is 9.59 Å². The average molecular weight is 220 g/mol. The van der Waals surface area contributed by atoms with E-state index in [0.29, 0.717) is 12.0 Å². The summed E-state index contributed by atoms with van der Waals surface area (Å²) >= 11 is 0. The maximum absolute atomic E-state index is 11.4. The molecule has 0 bridgehead atoms. The second-order valence-electron chi connectivity index (χ2n) is 3.62. The quantitative estimate of drug-likeness (QED) is 0.740. The van der Waals surface area contributed by atoms with Crippen LogP contribution in [0.4, 0.5) is 5.69 Å². The molecule has 0 spiro atoms. The van der Waals surface area contributed by atoms with Gasteiger partial charge in [-0.05, 0) is 31.2 Å². The SMILES string of the molecule is CCC(=O)c1ccc(NC(C)C(N)=O)cc1. The largest absolute Gasteiger partial charge is 0.374 e. The monoisotopic (exact) mass is 220 g/mol. The lowest BCUT2D eigenvalue weighted by atomic mass is 10.1. The highest BCUT2D eigenvalue weighted by Gasteiger charge is 2.08. The van der Waals surface area contributed by atoms with Crippen LogP contribution in [0, 0.1) is 0 Å². The number of hydrogen-bond donors (Lipinski definition) is 2. The molecule has 0 radical (unpaired) electrons. The van der Waals surface area contributed by atoms with E-state index in [-0.39, 0.29) is 5.78 Å². The van der Waals surface area contributed by atoms with E-state index in [2.05, 4.69) is 5.32 Å². The minimum atomic E-state index is -0.423. The van der Waals surface area contributed by atoms with Gasteiger partial charge in [0.2, 0.25) is 5.91 Å². The first-order valence-corrected chi connectivity index (χ1v) is 5.23. The molecule has 3 N–H and O–H groups in total. The van der Waals surface area contributed by atoms with E-state index in [0.717, 1.165) is 5.69 Å². The summed E-state index contributed by atoms with van der Waals surface area (Å²) in [5.74, 6) is -0.303. The van der Waals surface area contributed by atoms with Gasteiger partial charge in [0, 0.05) is 17.7 Å². The topological polar surface area (TPSA) is 72.2 Å². The van der Waals surface area contributed by atoms with Gasteiger partial charge in [-0.1, -0.05) is 6.92 Å². The zero-order valence-electron chi connectivity index (χ0n) is 9.49. The van der Waals surface area contributed by atoms with E-state index in [4.69, 9.17) is 5.73 Å². The third kappa shape index (κ3) is 3.08. The summed E-state index contributed by atoms with van der Waals surface area (Å²) in [6.07, 6.45) is 0.491. The van der Waals surface area contributed by atoms with Gasteiger partial charge >= 0.3 is 0 Å². The molecule has 0 saturated heterocycles. The molecule has 0 aliphatic heterocycles. The van der Waals surface area contributed by atoms with Crippen molar-refractivity contribution >= 4 is 17.4 Å². The highest BCUT2D eigenvalue weighted by molar-refractivity contribution is 5.96. The molecule has 0 aliphatic carbocycles. The molecule has 4 nitrogen and oxygen atoms in total. The first-order valence-electron chi connectivity index (χ1n) is 5.23. The molecule has 0 saturated carbocycles. The number of carbonyl (C=O) groups excluding carboxylic acids is 2. The second-order valence-corrected chi connectivity index (χ2v) is 3.62. The van der Waals surface area contributed by atoms with Gasteiger partial charge in [0.1, 0.15) is 6.04 Å². The lowest BCUT2D eigenvalue weighted by Crippen LogP contribution is -2.32. The molecule has 86 valence electrons. The number of carbonyl (C=O) groups is 2. The molecule has 1 rings (SSSR count). The van der Waals surface area contributed by atoms with Gasteiger partial charge in [0.15, 0.2) is 5.78 Å². The molecule has 1 aromatic carbocycles. The van der Waals surface area contributed by atoms with Crippen molar-refractivity contribution in [3.63, 3.8) is 0 Å². The molecule has 1 amide bonds. The molecule has 1 unspecified atom stereocenters. The first kappa shape index (κ1) is 12.2. The fraction of sp³-hybridized carbons (Fsp3) is 0.333. The van der Waals surface area contributed by atoms with Crippen molar-refractivity contribution in [2.24, 2.45) is 5.73 Å². The van der Waals surface area contributed by atoms with Crippen molar-refractivity contribution in [2.75, 3.05) is 5.32 Å². The van der Waals surface area contributed by atoms with Gasteiger partial charge < -0.3 is 11.1 Å². The van der Waals surface area contributed by atoms with Crippen LogP contribution in [0.2, 0.25) is 0 Å². The minimum Gasteiger partial charge on any atom is -0.374 e. The number of rotatable bonds is 5. The summed E-state index contributed by atoms with van der Waals surface area (Å²) in [4.78, 5) is 22.2. The highest BCUT2D eigenvalue weighted by atomic mass is 16.1. The van der Waals surface area contributed by atoms with E-state index in [1.54, 1.807) is 31.2 Å². The lowest BCUT2D eigenvalue weighted by molar-refractivity contribution is -0.118. The van der Waals surface area contributed by atoms with Crippen LogP contribution in [0.1, 0.15) is 30.6 Å². The molecule has 1 atom stereocenters. The number of amides is 1. The van der Waals surface area contributed by atoms with Crippen molar-refractivity contribution in [1.82, 2.24) is 0 Å². The summed E-state index contributed by atoms with van der Waals surface area (Å²) < 4.78 is 0. The normalized spacial score (nSPS) is 11.9. The molecule has 1 aromatic rings. The van der Waals surface area contributed by atoms with Crippen LogP contribution in [0.5, 0.6) is 0 Å². The smallest absolute Gasteiger partial charge is 0.239 e. The van der Waals surface area contributed by atoms with Gasteiger partial charge in [-0.25, -0.2) is 0 Å².